The zero-order valence-electron chi connectivity index (χ0n) is 16.1. The van der Waals surface area contributed by atoms with Crippen molar-refractivity contribution in [2.45, 2.75) is 37.8 Å². The van der Waals surface area contributed by atoms with Crippen LogP contribution in [0.1, 0.15) is 30.5 Å². The summed E-state index contributed by atoms with van der Waals surface area (Å²) < 4.78 is 7.69. The van der Waals surface area contributed by atoms with Gasteiger partial charge in [0.1, 0.15) is 0 Å². The molecule has 1 amide bonds. The Kier molecular flexibility index (Phi) is 3.81. The summed E-state index contributed by atoms with van der Waals surface area (Å²) in [5.74, 6) is 0.850. The van der Waals surface area contributed by atoms with Crippen LogP contribution in [0.2, 0.25) is 5.02 Å². The molecule has 0 atom stereocenters. The van der Waals surface area contributed by atoms with Crippen molar-refractivity contribution in [1.29, 1.82) is 0 Å². The fourth-order valence-corrected chi connectivity index (χ4v) is 5.05. The lowest BCUT2D eigenvalue weighted by Gasteiger charge is -2.27. The summed E-state index contributed by atoms with van der Waals surface area (Å²) in [6.07, 6.45) is 6.61. The van der Waals surface area contributed by atoms with E-state index >= 15 is 0 Å². The third kappa shape index (κ3) is 2.64. The van der Waals surface area contributed by atoms with Crippen molar-refractivity contribution in [3.8, 4) is 0 Å². The molecule has 2 fully saturated rings. The smallest absolute Gasteiger partial charge is 0.238 e. The molecule has 1 saturated heterocycles. The molecule has 2 aliphatic heterocycles. The summed E-state index contributed by atoms with van der Waals surface area (Å²) in [6.45, 7) is 3.19. The number of hydrogen-bond acceptors (Lipinski definition) is 3. The molecule has 0 radical (unpaired) electrons. The van der Waals surface area contributed by atoms with Gasteiger partial charge in [-0.1, -0.05) is 11.6 Å². The minimum absolute atomic E-state index is 0.225. The lowest BCUT2D eigenvalue weighted by atomic mass is 9.99. The van der Waals surface area contributed by atoms with E-state index in [0.29, 0.717) is 12.5 Å². The first-order valence-electron chi connectivity index (χ1n) is 10.3. The van der Waals surface area contributed by atoms with Crippen LogP contribution in [0.5, 0.6) is 0 Å². The fraction of sp³-hybridized carbons (Fsp3) is 0.391. The Morgan fingerprint density at radius 3 is 2.83 bits per heavy atom. The number of carbonyl (C=O) groups is 1. The minimum Gasteiger partial charge on any atom is -0.381 e. The molecule has 29 heavy (non-hydrogen) atoms. The number of pyridine rings is 1. The van der Waals surface area contributed by atoms with Gasteiger partial charge in [0, 0.05) is 40.3 Å². The third-order valence-corrected chi connectivity index (χ3v) is 6.98. The van der Waals surface area contributed by atoms with Gasteiger partial charge in [-0.05, 0) is 55.2 Å². The molecular formula is C23H22ClN3O2. The number of benzene rings is 1. The number of carbonyl (C=O) groups excluding carboxylic acids is 1. The van der Waals surface area contributed by atoms with Gasteiger partial charge in [-0.25, -0.2) is 0 Å². The molecule has 2 aromatic heterocycles. The molecule has 0 N–H and O–H groups in total. The second kappa shape index (κ2) is 6.31. The highest BCUT2D eigenvalue weighted by atomic mass is 35.5. The van der Waals surface area contributed by atoms with Crippen molar-refractivity contribution in [2.75, 3.05) is 18.1 Å². The molecule has 0 unspecified atom stereocenters. The highest BCUT2D eigenvalue weighted by Crippen LogP contribution is 2.57. The summed E-state index contributed by atoms with van der Waals surface area (Å²) in [7, 11) is 0. The van der Waals surface area contributed by atoms with E-state index in [-0.39, 0.29) is 11.3 Å². The quantitative estimate of drug-likeness (QED) is 0.633. The number of anilines is 1. The zero-order chi connectivity index (χ0) is 19.6. The Labute approximate surface area is 174 Å². The lowest BCUT2D eigenvalue weighted by molar-refractivity contribution is -0.120. The Balaban J connectivity index is 1.39. The number of nitrogens with zero attached hydrogens (tertiary/aromatic N) is 3. The minimum atomic E-state index is -0.290. The first-order chi connectivity index (χ1) is 14.2. The maximum atomic E-state index is 13.3. The standard InChI is InChI=1S/C23H22ClN3O2/c24-17-1-2-20-16(9-17)10-18(26(20)8-4-15-13-29-14-15)12-27-21-11-25-7-3-19(21)23(5-6-23)22(27)28/h1-3,7,9-11,15H,4-6,8,12-14H2. The lowest BCUT2D eigenvalue weighted by Crippen LogP contribution is -2.32. The number of hydrogen-bond donors (Lipinski definition) is 0. The maximum absolute atomic E-state index is 13.3. The Hall–Kier alpha value is -2.37. The predicted octanol–water partition coefficient (Wildman–Crippen LogP) is 4.30. The van der Waals surface area contributed by atoms with E-state index in [9.17, 15) is 4.79 Å². The Morgan fingerprint density at radius 2 is 2.07 bits per heavy atom. The number of ether oxygens (including phenoxy) is 1. The number of rotatable bonds is 5. The summed E-state index contributed by atoms with van der Waals surface area (Å²) in [5.41, 5.74) is 4.14. The zero-order valence-corrected chi connectivity index (χ0v) is 16.9. The van der Waals surface area contributed by atoms with Gasteiger partial charge in [0.25, 0.3) is 0 Å². The van der Waals surface area contributed by atoms with Gasteiger partial charge in [-0.3, -0.25) is 9.78 Å². The van der Waals surface area contributed by atoms with Crippen LogP contribution >= 0.6 is 11.6 Å². The summed E-state index contributed by atoms with van der Waals surface area (Å²) >= 11 is 6.25. The monoisotopic (exact) mass is 407 g/mol. The molecule has 1 saturated carbocycles. The molecule has 6 heteroatoms. The average molecular weight is 408 g/mol. The highest BCUT2D eigenvalue weighted by molar-refractivity contribution is 6.31. The molecule has 6 rings (SSSR count). The van der Waals surface area contributed by atoms with Crippen molar-refractivity contribution < 1.29 is 9.53 Å². The highest BCUT2D eigenvalue weighted by Gasteiger charge is 2.59. The summed E-state index contributed by atoms with van der Waals surface area (Å²) in [6, 6.07) is 10.2. The first-order valence-corrected chi connectivity index (χ1v) is 10.7. The van der Waals surface area contributed by atoms with Crippen LogP contribution in [0.25, 0.3) is 10.9 Å². The van der Waals surface area contributed by atoms with Gasteiger partial charge in [0.15, 0.2) is 0 Å². The van der Waals surface area contributed by atoms with Crippen LogP contribution in [0.3, 0.4) is 0 Å². The van der Waals surface area contributed by atoms with Gasteiger partial charge in [-0.2, -0.15) is 0 Å². The Morgan fingerprint density at radius 1 is 1.21 bits per heavy atom. The second-order valence-corrected chi connectivity index (χ2v) is 8.99. The van der Waals surface area contributed by atoms with Crippen molar-refractivity contribution in [1.82, 2.24) is 9.55 Å². The molecule has 5 nitrogen and oxygen atoms in total. The third-order valence-electron chi connectivity index (χ3n) is 6.75. The number of halogens is 1. The molecular weight excluding hydrogens is 386 g/mol. The van der Waals surface area contributed by atoms with Crippen LogP contribution in [0, 0.1) is 5.92 Å². The first kappa shape index (κ1) is 17.5. The Bertz CT molecular complexity index is 1130. The van der Waals surface area contributed by atoms with Crippen LogP contribution < -0.4 is 4.90 Å². The van der Waals surface area contributed by atoms with E-state index in [2.05, 4.69) is 21.7 Å². The molecule has 1 aliphatic carbocycles. The van der Waals surface area contributed by atoms with Crippen molar-refractivity contribution in [2.24, 2.45) is 5.92 Å². The molecule has 148 valence electrons. The van der Waals surface area contributed by atoms with Crippen LogP contribution in [-0.2, 0) is 28.0 Å². The number of fused-ring (bicyclic) bond motifs is 3. The van der Waals surface area contributed by atoms with Crippen LogP contribution in [0.4, 0.5) is 5.69 Å². The molecule has 1 spiro atoms. The van der Waals surface area contributed by atoms with Crippen molar-refractivity contribution in [3.05, 3.63) is 59.0 Å². The number of aryl methyl sites for hydroxylation is 1. The topological polar surface area (TPSA) is 47.4 Å². The van der Waals surface area contributed by atoms with Gasteiger partial charge in [0.05, 0.1) is 37.1 Å². The number of amides is 1. The molecule has 3 aromatic rings. The largest absolute Gasteiger partial charge is 0.381 e. The van der Waals surface area contributed by atoms with E-state index in [1.54, 1.807) is 6.20 Å². The molecule has 1 aromatic carbocycles. The SMILES string of the molecule is O=C1N(Cc2cc3cc(Cl)ccc3n2CCC2COC2)c2cnccc2C12CC2. The van der Waals surface area contributed by atoms with Gasteiger partial charge in [-0.15, -0.1) is 0 Å². The average Bonchev–Trinajstić information content (AvgIpc) is 3.38. The van der Waals surface area contributed by atoms with Gasteiger partial charge < -0.3 is 14.2 Å². The molecule has 0 bridgehead atoms. The second-order valence-electron chi connectivity index (χ2n) is 8.55. The van der Waals surface area contributed by atoms with E-state index in [0.717, 1.165) is 66.4 Å². The van der Waals surface area contributed by atoms with Gasteiger partial charge >= 0.3 is 0 Å². The van der Waals surface area contributed by atoms with E-state index in [1.807, 2.05) is 29.3 Å². The normalized spacial score (nSPS) is 19.8. The van der Waals surface area contributed by atoms with Crippen molar-refractivity contribution in [3.63, 3.8) is 0 Å². The van der Waals surface area contributed by atoms with E-state index < -0.39 is 0 Å². The maximum Gasteiger partial charge on any atom is 0.238 e. The van der Waals surface area contributed by atoms with Crippen molar-refractivity contribution >= 4 is 34.1 Å². The van der Waals surface area contributed by atoms with E-state index in [1.165, 1.54) is 5.52 Å². The summed E-state index contributed by atoms with van der Waals surface area (Å²) in [4.78, 5) is 19.5. The van der Waals surface area contributed by atoms with Crippen LogP contribution in [-0.4, -0.2) is 28.7 Å². The summed E-state index contributed by atoms with van der Waals surface area (Å²) in [5, 5.41) is 1.86. The molecule has 3 aliphatic rings. The fourth-order valence-electron chi connectivity index (χ4n) is 4.87. The predicted molar refractivity (Wildman–Crippen MR) is 112 cm³/mol. The van der Waals surface area contributed by atoms with Gasteiger partial charge in [0.2, 0.25) is 5.91 Å². The van der Waals surface area contributed by atoms with Crippen LogP contribution in [0.15, 0.2) is 42.7 Å². The van der Waals surface area contributed by atoms with E-state index in [4.69, 9.17) is 16.3 Å². The molecule has 4 heterocycles. The number of aromatic nitrogens is 2.